The number of hydrogen-bond donors (Lipinski definition) is 1. The van der Waals surface area contributed by atoms with Crippen LogP contribution in [-0.4, -0.2) is 37.8 Å². The molecule has 1 N–H and O–H groups in total. The van der Waals surface area contributed by atoms with Gasteiger partial charge >= 0.3 is 12.6 Å². The lowest BCUT2D eigenvalue weighted by atomic mass is 10.2. The van der Waals surface area contributed by atoms with E-state index in [1.165, 1.54) is 37.3 Å². The molecule has 1 aromatic carbocycles. The second kappa shape index (κ2) is 10.3. The average Bonchev–Trinajstić information content (AvgIpc) is 2.56. The van der Waals surface area contributed by atoms with E-state index in [-0.39, 0.29) is 18.9 Å². The Kier molecular flexibility index (Phi) is 8.42. The molecule has 0 aliphatic heterocycles. The van der Waals surface area contributed by atoms with Crippen LogP contribution in [0.2, 0.25) is 0 Å². The topological polar surface area (TPSA) is 73.9 Å². The minimum Gasteiger partial charge on any atom is -0.454 e. The first kappa shape index (κ1) is 19.6. The van der Waals surface area contributed by atoms with Crippen molar-refractivity contribution in [2.24, 2.45) is 0 Å². The molecule has 132 valence electrons. The van der Waals surface area contributed by atoms with Crippen LogP contribution in [0.5, 0.6) is 5.75 Å². The highest BCUT2D eigenvalue weighted by Crippen LogP contribution is 2.14. The molecule has 0 heterocycles. The monoisotopic (exact) mass is 343 g/mol. The SMILES string of the molecule is C=CCOC(C)C(=O)OCC(=O)NCc1ccc(OC(F)F)cc1. The van der Waals surface area contributed by atoms with Gasteiger partial charge < -0.3 is 19.5 Å². The molecule has 0 fully saturated rings. The maximum Gasteiger partial charge on any atom is 0.387 e. The summed E-state index contributed by atoms with van der Waals surface area (Å²) in [5.74, 6) is -1.12. The van der Waals surface area contributed by atoms with Crippen molar-refractivity contribution in [2.45, 2.75) is 26.2 Å². The van der Waals surface area contributed by atoms with Gasteiger partial charge in [0.05, 0.1) is 6.61 Å². The van der Waals surface area contributed by atoms with Gasteiger partial charge in [-0.3, -0.25) is 4.79 Å². The van der Waals surface area contributed by atoms with Crippen molar-refractivity contribution in [1.29, 1.82) is 0 Å². The van der Waals surface area contributed by atoms with Crippen LogP contribution in [0, 0.1) is 0 Å². The average molecular weight is 343 g/mol. The highest BCUT2D eigenvalue weighted by molar-refractivity contribution is 5.81. The molecule has 1 amide bonds. The van der Waals surface area contributed by atoms with E-state index in [1.54, 1.807) is 0 Å². The van der Waals surface area contributed by atoms with Gasteiger partial charge in [-0.2, -0.15) is 8.78 Å². The van der Waals surface area contributed by atoms with Gasteiger partial charge in [0.2, 0.25) is 0 Å². The van der Waals surface area contributed by atoms with Crippen molar-refractivity contribution in [3.05, 3.63) is 42.5 Å². The number of carbonyl (C=O) groups excluding carboxylic acids is 2. The van der Waals surface area contributed by atoms with Crippen LogP contribution in [0.15, 0.2) is 36.9 Å². The molecule has 0 radical (unpaired) electrons. The van der Waals surface area contributed by atoms with E-state index in [0.29, 0.717) is 5.56 Å². The van der Waals surface area contributed by atoms with Crippen LogP contribution in [0.25, 0.3) is 0 Å². The molecule has 0 aromatic heterocycles. The molecule has 0 spiro atoms. The Hall–Kier alpha value is -2.48. The number of rotatable bonds is 10. The number of carbonyl (C=O) groups is 2. The highest BCUT2D eigenvalue weighted by atomic mass is 19.3. The number of ether oxygens (including phenoxy) is 3. The van der Waals surface area contributed by atoms with Crippen LogP contribution in [-0.2, 0) is 25.6 Å². The normalized spacial score (nSPS) is 11.7. The third-order valence-corrected chi connectivity index (χ3v) is 2.78. The largest absolute Gasteiger partial charge is 0.454 e. The fraction of sp³-hybridized carbons (Fsp3) is 0.375. The number of nitrogens with one attached hydrogen (secondary N) is 1. The van der Waals surface area contributed by atoms with Gasteiger partial charge in [0.15, 0.2) is 12.7 Å². The van der Waals surface area contributed by atoms with E-state index < -0.39 is 31.2 Å². The van der Waals surface area contributed by atoms with E-state index in [2.05, 4.69) is 16.6 Å². The molecule has 1 unspecified atom stereocenters. The molecule has 0 aliphatic rings. The number of alkyl halides is 2. The lowest BCUT2D eigenvalue weighted by Gasteiger charge is -2.11. The Morgan fingerprint density at radius 1 is 1.29 bits per heavy atom. The smallest absolute Gasteiger partial charge is 0.387 e. The maximum atomic E-state index is 12.0. The molecule has 0 aliphatic carbocycles. The number of halogens is 2. The lowest BCUT2D eigenvalue weighted by Crippen LogP contribution is -2.31. The van der Waals surface area contributed by atoms with Gasteiger partial charge in [0.25, 0.3) is 5.91 Å². The quantitative estimate of drug-likeness (QED) is 0.520. The number of benzene rings is 1. The molecule has 8 heteroatoms. The second-order valence-corrected chi connectivity index (χ2v) is 4.67. The molecule has 1 rings (SSSR count). The van der Waals surface area contributed by atoms with Crippen molar-refractivity contribution >= 4 is 11.9 Å². The summed E-state index contributed by atoms with van der Waals surface area (Å²) in [6.07, 6.45) is 0.701. The van der Waals surface area contributed by atoms with Crippen molar-refractivity contribution in [3.8, 4) is 5.75 Å². The molecule has 0 bridgehead atoms. The molecular weight excluding hydrogens is 324 g/mol. The first-order valence-corrected chi connectivity index (χ1v) is 7.12. The molecule has 0 saturated heterocycles. The standard InChI is InChI=1S/C16H19F2NO5/c1-3-8-22-11(2)15(21)23-10-14(20)19-9-12-4-6-13(7-5-12)24-16(17)18/h3-7,11,16H,1,8-10H2,2H3,(H,19,20). The maximum absolute atomic E-state index is 12.0. The van der Waals surface area contributed by atoms with Gasteiger partial charge in [-0.1, -0.05) is 18.2 Å². The Balaban J connectivity index is 2.30. The third-order valence-electron chi connectivity index (χ3n) is 2.78. The predicted molar refractivity (Wildman–Crippen MR) is 81.5 cm³/mol. The minimum atomic E-state index is -2.89. The summed E-state index contributed by atoms with van der Waals surface area (Å²) < 4.78 is 38.1. The molecular formula is C16H19F2NO5. The number of esters is 1. The Bertz CT molecular complexity index is 548. The van der Waals surface area contributed by atoms with Gasteiger partial charge in [-0.15, -0.1) is 6.58 Å². The zero-order valence-electron chi connectivity index (χ0n) is 13.2. The van der Waals surface area contributed by atoms with Crippen LogP contribution in [0.1, 0.15) is 12.5 Å². The number of amides is 1. The van der Waals surface area contributed by atoms with Crippen molar-refractivity contribution in [2.75, 3.05) is 13.2 Å². The van der Waals surface area contributed by atoms with E-state index in [9.17, 15) is 18.4 Å². The fourth-order valence-corrected chi connectivity index (χ4v) is 1.57. The third kappa shape index (κ3) is 7.68. The molecule has 6 nitrogen and oxygen atoms in total. The summed E-state index contributed by atoms with van der Waals surface area (Å²) >= 11 is 0. The van der Waals surface area contributed by atoms with Crippen LogP contribution >= 0.6 is 0 Å². The first-order chi connectivity index (χ1) is 11.4. The van der Waals surface area contributed by atoms with Crippen LogP contribution < -0.4 is 10.1 Å². The van der Waals surface area contributed by atoms with Crippen LogP contribution in [0.4, 0.5) is 8.78 Å². The molecule has 24 heavy (non-hydrogen) atoms. The number of hydrogen-bond acceptors (Lipinski definition) is 5. The van der Waals surface area contributed by atoms with Crippen LogP contribution in [0.3, 0.4) is 0 Å². The first-order valence-electron chi connectivity index (χ1n) is 7.12. The summed E-state index contributed by atoms with van der Waals surface area (Å²) in [4.78, 5) is 23.1. The Labute approximate surface area is 138 Å². The summed E-state index contributed by atoms with van der Waals surface area (Å²) in [5, 5.41) is 2.53. The van der Waals surface area contributed by atoms with E-state index >= 15 is 0 Å². The summed E-state index contributed by atoms with van der Waals surface area (Å²) in [6.45, 7) is 2.00. The zero-order valence-corrected chi connectivity index (χ0v) is 13.2. The molecule has 0 saturated carbocycles. The van der Waals surface area contributed by atoms with Crippen molar-refractivity contribution in [3.63, 3.8) is 0 Å². The summed E-state index contributed by atoms with van der Waals surface area (Å²) in [6, 6.07) is 5.81. The fourth-order valence-electron chi connectivity index (χ4n) is 1.57. The van der Waals surface area contributed by atoms with E-state index in [0.717, 1.165) is 0 Å². The molecule has 1 aromatic rings. The Morgan fingerprint density at radius 3 is 2.54 bits per heavy atom. The molecule has 1 atom stereocenters. The summed E-state index contributed by atoms with van der Waals surface area (Å²) in [5.41, 5.74) is 0.680. The van der Waals surface area contributed by atoms with Gasteiger partial charge in [-0.25, -0.2) is 4.79 Å². The summed E-state index contributed by atoms with van der Waals surface area (Å²) in [7, 11) is 0. The minimum absolute atomic E-state index is 0.0301. The van der Waals surface area contributed by atoms with Gasteiger partial charge in [-0.05, 0) is 24.6 Å². The highest BCUT2D eigenvalue weighted by Gasteiger charge is 2.15. The lowest BCUT2D eigenvalue weighted by molar-refractivity contribution is -0.158. The van der Waals surface area contributed by atoms with E-state index in [1.807, 2.05) is 0 Å². The van der Waals surface area contributed by atoms with E-state index in [4.69, 9.17) is 9.47 Å². The van der Waals surface area contributed by atoms with Gasteiger partial charge in [0, 0.05) is 6.54 Å². The van der Waals surface area contributed by atoms with Crippen molar-refractivity contribution < 1.29 is 32.6 Å². The second-order valence-electron chi connectivity index (χ2n) is 4.67. The Morgan fingerprint density at radius 2 is 1.96 bits per heavy atom. The predicted octanol–water partition coefficient (Wildman–Crippen LogP) is 2.04. The zero-order chi connectivity index (χ0) is 17.9. The van der Waals surface area contributed by atoms with Crippen molar-refractivity contribution in [1.82, 2.24) is 5.32 Å². The van der Waals surface area contributed by atoms with Gasteiger partial charge in [0.1, 0.15) is 5.75 Å².